The van der Waals surface area contributed by atoms with Crippen molar-refractivity contribution in [2.45, 2.75) is 19.3 Å². The van der Waals surface area contributed by atoms with Gasteiger partial charge in [-0.05, 0) is 6.42 Å². The Morgan fingerprint density at radius 1 is 1.11 bits per heavy atom. The third-order valence-corrected chi connectivity index (χ3v) is 4.45. The summed E-state index contributed by atoms with van der Waals surface area (Å²) in [6.45, 7) is 0.272. The first-order chi connectivity index (χ1) is 13.0. The van der Waals surface area contributed by atoms with Crippen molar-refractivity contribution in [2.75, 3.05) is 5.73 Å². The van der Waals surface area contributed by atoms with Crippen molar-refractivity contribution >= 4 is 92.0 Å². The molecule has 11 heteroatoms. The number of nitrogen functional groups attached to an aromatic ring is 1. The number of halogens is 1. The molecule has 4 rings (SSSR count). The van der Waals surface area contributed by atoms with Crippen molar-refractivity contribution in [1.82, 2.24) is 19.5 Å². The molecule has 3 aromatic rings. The number of aryl methyl sites for hydroxylation is 1. The van der Waals surface area contributed by atoms with Crippen molar-refractivity contribution in [3.05, 3.63) is 47.4 Å². The first-order valence-electron chi connectivity index (χ1n) is 8.12. The molecular weight excluding hydrogens is 413 g/mol. The molecule has 1 saturated heterocycles. The maximum absolute atomic E-state index is 12.3. The van der Waals surface area contributed by atoms with Crippen LogP contribution in [0.5, 0.6) is 0 Å². The summed E-state index contributed by atoms with van der Waals surface area (Å²) < 4.78 is 12.2. The minimum absolute atomic E-state index is 0. The van der Waals surface area contributed by atoms with Gasteiger partial charge >= 0.3 is 63.3 Å². The molecule has 0 amide bonds. The van der Waals surface area contributed by atoms with Crippen LogP contribution in [0.1, 0.15) is 18.3 Å². The van der Waals surface area contributed by atoms with Crippen LogP contribution in [-0.4, -0.2) is 82.8 Å². The Labute approximate surface area is 207 Å². The van der Waals surface area contributed by atoms with Gasteiger partial charge in [0.15, 0.2) is 16.7 Å². The molecule has 28 heavy (non-hydrogen) atoms. The number of cyclic esters (lactones) is 2. The zero-order chi connectivity index (χ0) is 19.0. The van der Waals surface area contributed by atoms with Crippen LogP contribution in [0.2, 0.25) is 5.15 Å². The van der Waals surface area contributed by atoms with E-state index >= 15 is 0 Å². The Bertz CT molecular complexity index is 1010. The average Bonchev–Trinajstić information content (AvgIpc) is 3.05. The van der Waals surface area contributed by atoms with Gasteiger partial charge in [0, 0.05) is 12.1 Å². The Hall–Kier alpha value is -1.56. The predicted molar refractivity (Wildman–Crippen MR) is 101 cm³/mol. The molecule has 0 atom stereocenters. The number of esters is 2. The molecule has 140 valence electrons. The topological polar surface area (TPSA) is 122 Å². The van der Waals surface area contributed by atoms with Gasteiger partial charge in [-0.2, -0.15) is 9.97 Å². The number of anilines is 1. The number of aromatic nitrogens is 4. The molecule has 0 radical (unpaired) electrons. The van der Waals surface area contributed by atoms with E-state index in [2.05, 4.69) is 15.0 Å². The second kappa shape index (κ2) is 8.85. The van der Waals surface area contributed by atoms with E-state index in [-0.39, 0.29) is 75.5 Å². The molecular formula is C17H15ClKN5O4. The molecule has 0 unspecified atom stereocenters. The van der Waals surface area contributed by atoms with Gasteiger partial charge in [0.25, 0.3) is 6.29 Å². The number of hydrogen-bond acceptors (Lipinski definition) is 8. The number of carbonyl (C=O) groups excluding carboxylic acids is 2. The third kappa shape index (κ3) is 4.21. The van der Waals surface area contributed by atoms with Gasteiger partial charge < -0.3 is 19.8 Å². The van der Waals surface area contributed by atoms with Crippen molar-refractivity contribution in [1.29, 1.82) is 0 Å². The molecule has 2 aromatic heterocycles. The first kappa shape index (κ1) is 21.2. The fourth-order valence-corrected chi connectivity index (χ4v) is 3.05. The number of hydrogen-bond donors (Lipinski definition) is 1. The molecule has 0 aliphatic carbocycles. The number of ether oxygens (including phenoxy) is 2. The molecule has 1 aliphatic heterocycles. The molecule has 0 saturated carbocycles. The zero-order valence-electron chi connectivity index (χ0n) is 13.9. The Kier molecular flexibility index (Phi) is 6.68. The second-order valence-corrected chi connectivity index (χ2v) is 6.30. The van der Waals surface area contributed by atoms with Crippen LogP contribution in [0.15, 0.2) is 36.7 Å². The summed E-state index contributed by atoms with van der Waals surface area (Å²) in [5.41, 5.74) is 7.02. The van der Waals surface area contributed by atoms with E-state index in [0.29, 0.717) is 16.7 Å². The number of fused-ring (bicyclic) bond motifs is 1. The van der Waals surface area contributed by atoms with E-state index in [0.717, 1.165) is 0 Å². The summed E-state index contributed by atoms with van der Waals surface area (Å²) in [6, 6.07) is 8.79. The number of nitrogens with zero attached hydrogens (tertiary/aromatic N) is 4. The van der Waals surface area contributed by atoms with Crippen molar-refractivity contribution < 1.29 is 19.1 Å². The van der Waals surface area contributed by atoms with Gasteiger partial charge in [0.2, 0.25) is 5.95 Å². The second-order valence-electron chi connectivity index (χ2n) is 5.94. The Morgan fingerprint density at radius 2 is 1.79 bits per heavy atom. The van der Waals surface area contributed by atoms with E-state index < -0.39 is 24.1 Å². The first-order valence-corrected chi connectivity index (χ1v) is 8.50. The average molecular weight is 428 g/mol. The fourth-order valence-electron chi connectivity index (χ4n) is 2.83. The van der Waals surface area contributed by atoms with Gasteiger partial charge in [-0.1, -0.05) is 41.9 Å². The van der Waals surface area contributed by atoms with E-state index in [1.54, 1.807) is 28.8 Å². The number of carbonyl (C=O) groups is 2. The van der Waals surface area contributed by atoms with Crippen LogP contribution >= 0.6 is 11.6 Å². The van der Waals surface area contributed by atoms with Crippen LogP contribution in [0.3, 0.4) is 0 Å². The fraction of sp³-hybridized carbons (Fsp3) is 0.235. The molecule has 1 aromatic carbocycles. The molecule has 2 N–H and O–H groups in total. The molecule has 3 heterocycles. The van der Waals surface area contributed by atoms with Crippen LogP contribution in [0.25, 0.3) is 11.2 Å². The van der Waals surface area contributed by atoms with E-state index in [1.807, 2.05) is 6.07 Å². The molecule has 0 bridgehead atoms. The molecule has 1 aliphatic rings. The SMILES string of the molecule is Nc1nc(Cl)c2ncn(CCC3C(=O)OC(c4ccccc4)OC3=O)c2n1.[KH]. The van der Waals surface area contributed by atoms with Crippen molar-refractivity contribution in [2.24, 2.45) is 5.92 Å². The number of imidazole rings is 1. The van der Waals surface area contributed by atoms with Crippen LogP contribution < -0.4 is 5.73 Å². The van der Waals surface area contributed by atoms with Gasteiger partial charge in [-0.15, -0.1) is 0 Å². The van der Waals surface area contributed by atoms with E-state index in [9.17, 15) is 9.59 Å². The Morgan fingerprint density at radius 3 is 2.46 bits per heavy atom. The summed E-state index contributed by atoms with van der Waals surface area (Å²) in [5, 5.41) is 0.137. The van der Waals surface area contributed by atoms with Crippen LogP contribution in [0, 0.1) is 5.92 Å². The summed E-state index contributed by atoms with van der Waals surface area (Å²) in [5.74, 6) is -2.28. The quantitative estimate of drug-likeness (QED) is 0.285. The zero-order valence-corrected chi connectivity index (χ0v) is 14.7. The monoisotopic (exact) mass is 427 g/mol. The minimum atomic E-state index is -1.03. The number of benzene rings is 1. The van der Waals surface area contributed by atoms with E-state index in [1.165, 1.54) is 6.33 Å². The Balaban J connectivity index is 0.00000225. The maximum atomic E-state index is 12.3. The number of nitrogens with two attached hydrogens (primary N) is 1. The van der Waals surface area contributed by atoms with Crippen LogP contribution in [0.4, 0.5) is 5.95 Å². The molecule has 0 spiro atoms. The van der Waals surface area contributed by atoms with Gasteiger partial charge in [-0.25, -0.2) is 4.98 Å². The van der Waals surface area contributed by atoms with Gasteiger partial charge in [0.05, 0.1) is 6.33 Å². The normalized spacial score (nSPS) is 19.0. The summed E-state index contributed by atoms with van der Waals surface area (Å²) >= 11 is 5.99. The van der Waals surface area contributed by atoms with Gasteiger partial charge in [0.1, 0.15) is 5.52 Å². The van der Waals surface area contributed by atoms with Crippen LogP contribution in [-0.2, 0) is 25.6 Å². The van der Waals surface area contributed by atoms with Crippen molar-refractivity contribution in [3.8, 4) is 0 Å². The summed E-state index contributed by atoms with van der Waals surface area (Å²) in [4.78, 5) is 36.7. The molecule has 9 nitrogen and oxygen atoms in total. The standard InChI is InChI=1S/C17H14ClN5O4.K.H/c18-12-11-13(22-17(19)21-12)23(8-20-11)7-6-10-14(24)26-16(27-15(10)25)9-4-2-1-3-5-9;;/h1-5,8,10,16H,6-7H2,(H2,19,21,22);;. The number of rotatable bonds is 4. The van der Waals surface area contributed by atoms with Crippen molar-refractivity contribution in [3.63, 3.8) is 0 Å². The third-order valence-electron chi connectivity index (χ3n) is 4.18. The predicted octanol–water partition coefficient (Wildman–Crippen LogP) is 1.22. The summed E-state index contributed by atoms with van der Waals surface area (Å²) in [7, 11) is 0. The van der Waals surface area contributed by atoms with Gasteiger partial charge in [-0.3, -0.25) is 9.59 Å². The van der Waals surface area contributed by atoms with E-state index in [4.69, 9.17) is 26.8 Å². The molecule has 1 fully saturated rings. The summed E-state index contributed by atoms with van der Waals surface area (Å²) in [6.07, 6.45) is 0.631.